The van der Waals surface area contributed by atoms with E-state index in [4.69, 9.17) is 14.3 Å². The van der Waals surface area contributed by atoms with Crippen molar-refractivity contribution in [3.8, 4) is 17.2 Å². The molecular formula is C22H24N2O4. The lowest BCUT2D eigenvalue weighted by Crippen LogP contribution is -2.17. The van der Waals surface area contributed by atoms with Gasteiger partial charge in [0.2, 0.25) is 5.89 Å². The van der Waals surface area contributed by atoms with E-state index in [0.29, 0.717) is 32.0 Å². The highest BCUT2D eigenvalue weighted by atomic mass is 16.5. The second kappa shape index (κ2) is 9.71. The van der Waals surface area contributed by atoms with Crippen molar-refractivity contribution in [1.82, 2.24) is 10.3 Å². The number of carboxylic acid groups (broad SMARTS) is 1. The van der Waals surface area contributed by atoms with Crippen LogP contribution in [0.5, 0.6) is 5.75 Å². The Morgan fingerprint density at radius 2 is 2.00 bits per heavy atom. The molecule has 146 valence electrons. The van der Waals surface area contributed by atoms with Crippen molar-refractivity contribution < 1.29 is 19.1 Å². The van der Waals surface area contributed by atoms with Gasteiger partial charge in [-0.15, -0.1) is 0 Å². The summed E-state index contributed by atoms with van der Waals surface area (Å²) in [5, 5.41) is 11.8. The molecule has 2 N–H and O–H groups in total. The molecule has 2 aromatic carbocycles. The smallest absolute Gasteiger partial charge is 0.304 e. The Labute approximate surface area is 164 Å². The van der Waals surface area contributed by atoms with Crippen LogP contribution in [0.4, 0.5) is 0 Å². The summed E-state index contributed by atoms with van der Waals surface area (Å²) in [5.41, 5.74) is 2.90. The lowest BCUT2D eigenvalue weighted by Gasteiger charge is -2.08. The molecule has 0 amide bonds. The van der Waals surface area contributed by atoms with Crippen LogP contribution in [0.25, 0.3) is 11.5 Å². The molecule has 0 aliphatic rings. The molecule has 0 radical (unpaired) electrons. The average Bonchev–Trinajstić information content (AvgIpc) is 3.07. The van der Waals surface area contributed by atoms with Gasteiger partial charge in [0.05, 0.1) is 18.7 Å². The molecule has 3 aromatic rings. The minimum atomic E-state index is -0.803. The van der Waals surface area contributed by atoms with Crippen LogP contribution in [0.2, 0.25) is 0 Å². The molecule has 0 fully saturated rings. The molecule has 0 unspecified atom stereocenters. The minimum absolute atomic E-state index is 0.109. The van der Waals surface area contributed by atoms with Crippen molar-refractivity contribution in [2.45, 2.75) is 26.3 Å². The van der Waals surface area contributed by atoms with E-state index in [2.05, 4.69) is 10.3 Å². The predicted molar refractivity (Wildman–Crippen MR) is 106 cm³/mol. The van der Waals surface area contributed by atoms with Gasteiger partial charge >= 0.3 is 5.97 Å². The normalized spacial score (nSPS) is 10.8. The van der Waals surface area contributed by atoms with Crippen LogP contribution < -0.4 is 10.1 Å². The van der Waals surface area contributed by atoms with Crippen LogP contribution >= 0.6 is 0 Å². The van der Waals surface area contributed by atoms with Gasteiger partial charge < -0.3 is 19.6 Å². The van der Waals surface area contributed by atoms with Crippen LogP contribution in [0.1, 0.15) is 23.4 Å². The van der Waals surface area contributed by atoms with Crippen molar-refractivity contribution in [2.24, 2.45) is 0 Å². The molecule has 28 heavy (non-hydrogen) atoms. The van der Waals surface area contributed by atoms with E-state index in [-0.39, 0.29) is 6.42 Å². The highest BCUT2D eigenvalue weighted by Gasteiger charge is 2.11. The van der Waals surface area contributed by atoms with E-state index < -0.39 is 5.97 Å². The minimum Gasteiger partial charge on any atom is -0.493 e. The quantitative estimate of drug-likeness (QED) is 0.520. The zero-order valence-electron chi connectivity index (χ0n) is 15.9. The lowest BCUT2D eigenvalue weighted by atomic mass is 10.2. The number of carbonyl (C=O) groups is 1. The maximum atomic E-state index is 10.5. The molecule has 0 atom stereocenters. The van der Waals surface area contributed by atoms with Gasteiger partial charge in [0.1, 0.15) is 11.5 Å². The number of aliphatic carboxylic acids is 1. The molecule has 0 saturated carbocycles. The maximum absolute atomic E-state index is 10.5. The van der Waals surface area contributed by atoms with E-state index >= 15 is 0 Å². The van der Waals surface area contributed by atoms with Gasteiger partial charge in [-0.2, -0.15) is 0 Å². The Kier molecular flexibility index (Phi) is 6.81. The van der Waals surface area contributed by atoms with Gasteiger partial charge in [-0.3, -0.25) is 4.79 Å². The summed E-state index contributed by atoms with van der Waals surface area (Å²) in [6.45, 7) is 3.46. The summed E-state index contributed by atoms with van der Waals surface area (Å²) >= 11 is 0. The van der Waals surface area contributed by atoms with Crippen molar-refractivity contribution >= 4 is 5.97 Å². The second-order valence-electron chi connectivity index (χ2n) is 6.45. The molecule has 0 saturated heterocycles. The van der Waals surface area contributed by atoms with Gasteiger partial charge in [-0.1, -0.05) is 30.3 Å². The molecule has 1 heterocycles. The summed E-state index contributed by atoms with van der Waals surface area (Å²) in [7, 11) is 0. The first kappa shape index (κ1) is 19.6. The number of carboxylic acids is 1. The first-order valence-electron chi connectivity index (χ1n) is 9.28. The molecule has 0 spiro atoms. The topological polar surface area (TPSA) is 84.6 Å². The molecule has 3 rings (SSSR count). The number of benzene rings is 2. The number of rotatable bonds is 10. The molecule has 0 bridgehead atoms. The Balaban J connectivity index is 1.51. The van der Waals surface area contributed by atoms with Gasteiger partial charge in [0.15, 0.2) is 0 Å². The average molecular weight is 380 g/mol. The van der Waals surface area contributed by atoms with E-state index in [0.717, 1.165) is 28.3 Å². The van der Waals surface area contributed by atoms with Crippen LogP contribution in [0, 0.1) is 6.92 Å². The van der Waals surface area contributed by atoms with E-state index in [1.54, 1.807) is 0 Å². The zero-order chi connectivity index (χ0) is 19.8. The fourth-order valence-corrected chi connectivity index (χ4v) is 2.80. The Morgan fingerprint density at radius 1 is 1.18 bits per heavy atom. The maximum Gasteiger partial charge on any atom is 0.304 e. The monoisotopic (exact) mass is 380 g/mol. The molecule has 0 aliphatic carbocycles. The van der Waals surface area contributed by atoms with Crippen LogP contribution in [-0.4, -0.2) is 29.2 Å². The first-order chi connectivity index (χ1) is 13.6. The molecular weight excluding hydrogens is 356 g/mol. The lowest BCUT2D eigenvalue weighted by molar-refractivity contribution is -0.136. The number of nitrogens with one attached hydrogen (secondary N) is 1. The second-order valence-corrected chi connectivity index (χ2v) is 6.45. The Hall–Kier alpha value is -3.12. The number of ether oxygens (including phenoxy) is 1. The van der Waals surface area contributed by atoms with Crippen LogP contribution in [0.3, 0.4) is 0 Å². The van der Waals surface area contributed by atoms with Gasteiger partial charge in [-0.25, -0.2) is 4.98 Å². The largest absolute Gasteiger partial charge is 0.493 e. The molecule has 0 aliphatic heterocycles. The standard InChI is InChI=1S/C22H24N2O4/c1-16-20(24-22(28-16)18-7-3-2-4-8-18)11-13-27-19-9-5-6-17(14-19)15-23-12-10-21(25)26/h2-9,14,23H,10-13,15H2,1H3,(H,25,26). The first-order valence-corrected chi connectivity index (χ1v) is 9.28. The summed E-state index contributed by atoms with van der Waals surface area (Å²) in [4.78, 5) is 15.1. The predicted octanol–water partition coefficient (Wildman–Crippen LogP) is 3.84. The van der Waals surface area contributed by atoms with Crippen LogP contribution in [-0.2, 0) is 17.8 Å². The molecule has 6 heteroatoms. The summed E-state index contributed by atoms with van der Waals surface area (Å²) in [6.07, 6.45) is 0.765. The molecule has 6 nitrogen and oxygen atoms in total. The molecule has 1 aromatic heterocycles. The number of aryl methyl sites for hydroxylation is 1. The van der Waals surface area contributed by atoms with Gasteiger partial charge in [0.25, 0.3) is 0 Å². The third-order valence-electron chi connectivity index (χ3n) is 4.26. The Morgan fingerprint density at radius 3 is 2.79 bits per heavy atom. The fourth-order valence-electron chi connectivity index (χ4n) is 2.80. The van der Waals surface area contributed by atoms with E-state index in [9.17, 15) is 4.79 Å². The Bertz CT molecular complexity index is 906. The third-order valence-corrected chi connectivity index (χ3v) is 4.26. The van der Waals surface area contributed by atoms with Crippen molar-refractivity contribution in [1.29, 1.82) is 0 Å². The van der Waals surface area contributed by atoms with Crippen molar-refractivity contribution in [2.75, 3.05) is 13.2 Å². The summed E-state index contributed by atoms with van der Waals surface area (Å²) in [5.74, 6) is 1.41. The summed E-state index contributed by atoms with van der Waals surface area (Å²) < 4.78 is 11.6. The van der Waals surface area contributed by atoms with Gasteiger partial charge in [0, 0.05) is 25.1 Å². The van der Waals surface area contributed by atoms with Gasteiger partial charge in [-0.05, 0) is 36.8 Å². The number of hydrogen-bond donors (Lipinski definition) is 2. The van der Waals surface area contributed by atoms with Crippen molar-refractivity contribution in [3.63, 3.8) is 0 Å². The highest BCUT2D eigenvalue weighted by Crippen LogP contribution is 2.22. The van der Waals surface area contributed by atoms with E-state index in [1.165, 1.54) is 0 Å². The number of hydrogen-bond acceptors (Lipinski definition) is 5. The SMILES string of the molecule is Cc1oc(-c2ccccc2)nc1CCOc1cccc(CNCCC(=O)O)c1. The summed E-state index contributed by atoms with van der Waals surface area (Å²) in [6, 6.07) is 17.6. The fraction of sp³-hybridized carbons (Fsp3) is 0.273. The number of oxazole rings is 1. The number of nitrogens with zero attached hydrogens (tertiary/aromatic N) is 1. The number of aromatic nitrogens is 1. The highest BCUT2D eigenvalue weighted by molar-refractivity contribution is 5.66. The zero-order valence-corrected chi connectivity index (χ0v) is 15.9. The third kappa shape index (κ3) is 5.69. The van der Waals surface area contributed by atoms with Crippen LogP contribution in [0.15, 0.2) is 59.0 Å². The van der Waals surface area contributed by atoms with E-state index in [1.807, 2.05) is 61.5 Å². The van der Waals surface area contributed by atoms with Crippen molar-refractivity contribution in [3.05, 3.63) is 71.6 Å².